The van der Waals surface area contributed by atoms with E-state index in [0.717, 1.165) is 30.2 Å². The first-order valence-corrected chi connectivity index (χ1v) is 10.1. The summed E-state index contributed by atoms with van der Waals surface area (Å²) >= 11 is 0. The maximum absolute atomic E-state index is 12.9. The number of guanidine groups is 1. The molecule has 2 saturated heterocycles. The standard InChI is InChI=1S/C20H29F3N4O2.HI/c1-2-24-19(27-8-7-17(28)14-27)25-13-18(26-9-11-29-12-10-26)15-3-5-16(6-4-15)20(21,22)23;/h3-6,17-18,28H,2,7-14H2,1H3,(H,24,25);1H/t17-,18?;/m1./s1. The quantitative estimate of drug-likeness (QED) is 0.341. The molecular weight excluding hydrogens is 512 g/mol. The van der Waals surface area contributed by atoms with Crippen molar-refractivity contribution < 1.29 is 23.0 Å². The van der Waals surface area contributed by atoms with Gasteiger partial charge >= 0.3 is 6.18 Å². The Hall–Kier alpha value is -1.11. The zero-order chi connectivity index (χ0) is 20.9. The Morgan fingerprint density at radius 1 is 1.23 bits per heavy atom. The van der Waals surface area contributed by atoms with Crippen molar-refractivity contribution in [3.8, 4) is 0 Å². The third-order valence-corrected chi connectivity index (χ3v) is 5.32. The van der Waals surface area contributed by atoms with Gasteiger partial charge in [0.05, 0.1) is 37.5 Å². The molecule has 0 saturated carbocycles. The summed E-state index contributed by atoms with van der Waals surface area (Å²) in [5.74, 6) is 0.731. The lowest BCUT2D eigenvalue weighted by Crippen LogP contribution is -2.43. The van der Waals surface area contributed by atoms with Gasteiger partial charge in [-0.3, -0.25) is 9.89 Å². The molecule has 170 valence electrons. The first-order valence-electron chi connectivity index (χ1n) is 10.1. The number of halogens is 4. The van der Waals surface area contributed by atoms with Gasteiger partial charge in [0.1, 0.15) is 0 Å². The molecule has 6 nitrogen and oxygen atoms in total. The number of aliphatic hydroxyl groups is 1. The topological polar surface area (TPSA) is 60.3 Å². The fraction of sp³-hybridized carbons (Fsp3) is 0.650. The smallest absolute Gasteiger partial charge is 0.391 e. The molecule has 0 spiro atoms. The third-order valence-electron chi connectivity index (χ3n) is 5.32. The Balaban J connectivity index is 0.00000320. The van der Waals surface area contributed by atoms with E-state index < -0.39 is 11.7 Å². The molecule has 1 unspecified atom stereocenters. The second-order valence-corrected chi connectivity index (χ2v) is 7.37. The largest absolute Gasteiger partial charge is 0.416 e. The zero-order valence-corrected chi connectivity index (χ0v) is 19.4. The van der Waals surface area contributed by atoms with Crippen LogP contribution in [0.15, 0.2) is 29.3 Å². The molecule has 0 aromatic heterocycles. The van der Waals surface area contributed by atoms with Crippen LogP contribution in [-0.4, -0.2) is 79.5 Å². The average molecular weight is 542 g/mol. The minimum Gasteiger partial charge on any atom is -0.391 e. The van der Waals surface area contributed by atoms with Crippen LogP contribution in [-0.2, 0) is 10.9 Å². The Morgan fingerprint density at radius 2 is 1.90 bits per heavy atom. The van der Waals surface area contributed by atoms with Crippen LogP contribution < -0.4 is 5.32 Å². The number of aliphatic hydroxyl groups excluding tert-OH is 1. The number of nitrogens with zero attached hydrogens (tertiary/aromatic N) is 3. The minimum atomic E-state index is -4.35. The van der Waals surface area contributed by atoms with Gasteiger partial charge in [0.2, 0.25) is 0 Å². The van der Waals surface area contributed by atoms with Crippen LogP contribution in [0.1, 0.15) is 30.5 Å². The fourth-order valence-electron chi connectivity index (χ4n) is 3.75. The molecule has 0 aliphatic carbocycles. The molecule has 0 amide bonds. The van der Waals surface area contributed by atoms with Gasteiger partial charge in [-0.25, -0.2) is 0 Å². The summed E-state index contributed by atoms with van der Waals surface area (Å²) in [7, 11) is 0. The highest BCUT2D eigenvalue weighted by molar-refractivity contribution is 14.0. The number of morpholine rings is 1. The Labute approximate surface area is 192 Å². The van der Waals surface area contributed by atoms with Gasteiger partial charge in [-0.2, -0.15) is 13.2 Å². The molecule has 1 aromatic rings. The van der Waals surface area contributed by atoms with Crippen LogP contribution in [0.3, 0.4) is 0 Å². The monoisotopic (exact) mass is 542 g/mol. The van der Waals surface area contributed by atoms with Gasteiger partial charge in [-0.05, 0) is 31.0 Å². The average Bonchev–Trinajstić information content (AvgIpc) is 3.14. The fourth-order valence-corrected chi connectivity index (χ4v) is 3.75. The number of hydrogen-bond donors (Lipinski definition) is 2. The molecule has 2 aliphatic rings. The Kier molecular flexibility index (Phi) is 9.64. The summed E-state index contributed by atoms with van der Waals surface area (Å²) in [4.78, 5) is 9.00. The van der Waals surface area contributed by atoms with Crippen LogP contribution in [0.2, 0.25) is 0 Å². The number of rotatable bonds is 5. The van der Waals surface area contributed by atoms with Crippen molar-refractivity contribution in [3.05, 3.63) is 35.4 Å². The predicted octanol–water partition coefficient (Wildman–Crippen LogP) is 2.73. The summed E-state index contributed by atoms with van der Waals surface area (Å²) in [5.41, 5.74) is 0.158. The highest BCUT2D eigenvalue weighted by atomic mass is 127. The first-order chi connectivity index (χ1) is 13.9. The van der Waals surface area contributed by atoms with Gasteiger partial charge < -0.3 is 20.1 Å². The van der Waals surface area contributed by atoms with E-state index in [1.54, 1.807) is 12.1 Å². The van der Waals surface area contributed by atoms with Gasteiger partial charge in [-0.1, -0.05) is 12.1 Å². The van der Waals surface area contributed by atoms with E-state index in [1.807, 2.05) is 11.8 Å². The molecular formula is C20H30F3IN4O2. The van der Waals surface area contributed by atoms with E-state index in [2.05, 4.69) is 10.2 Å². The molecule has 1 aromatic carbocycles. The number of benzene rings is 1. The second-order valence-electron chi connectivity index (χ2n) is 7.37. The van der Waals surface area contributed by atoms with Crippen molar-refractivity contribution in [2.45, 2.75) is 31.7 Å². The van der Waals surface area contributed by atoms with E-state index in [4.69, 9.17) is 9.73 Å². The van der Waals surface area contributed by atoms with Crippen LogP contribution in [0.25, 0.3) is 0 Å². The molecule has 0 radical (unpaired) electrons. The van der Waals surface area contributed by atoms with E-state index in [1.165, 1.54) is 0 Å². The Bertz CT molecular complexity index is 682. The molecule has 2 atom stereocenters. The van der Waals surface area contributed by atoms with E-state index in [9.17, 15) is 18.3 Å². The number of ether oxygens (including phenoxy) is 1. The van der Waals surface area contributed by atoms with Crippen LogP contribution in [0.4, 0.5) is 13.2 Å². The van der Waals surface area contributed by atoms with Gasteiger partial charge in [-0.15, -0.1) is 24.0 Å². The van der Waals surface area contributed by atoms with Crippen molar-refractivity contribution in [2.24, 2.45) is 4.99 Å². The van der Waals surface area contributed by atoms with E-state index in [-0.39, 0.29) is 36.1 Å². The Morgan fingerprint density at radius 3 is 2.43 bits per heavy atom. The molecule has 2 fully saturated rings. The predicted molar refractivity (Wildman–Crippen MR) is 120 cm³/mol. The SMILES string of the molecule is CCNC(=NCC(c1ccc(C(F)(F)F)cc1)N1CCOCC1)N1CC[C@@H](O)C1.I. The molecule has 2 aliphatic heterocycles. The first kappa shape index (κ1) is 25.2. The van der Waals surface area contributed by atoms with Gasteiger partial charge in [0.25, 0.3) is 0 Å². The normalized spacial score (nSPS) is 22.0. The number of aliphatic imine (C=N–C) groups is 1. The number of hydrogen-bond acceptors (Lipinski definition) is 4. The molecule has 2 N–H and O–H groups in total. The van der Waals surface area contributed by atoms with Crippen molar-refractivity contribution in [1.82, 2.24) is 15.1 Å². The van der Waals surface area contributed by atoms with Crippen molar-refractivity contribution in [1.29, 1.82) is 0 Å². The number of β-amino-alcohol motifs (C(OH)–C–C–N with tert-alkyl or cyclic N) is 1. The number of likely N-dealkylation sites (tertiary alicyclic amines) is 1. The van der Waals surface area contributed by atoms with Gasteiger partial charge in [0, 0.05) is 32.7 Å². The summed E-state index contributed by atoms with van der Waals surface area (Å²) < 4.78 is 44.2. The molecule has 3 rings (SSSR count). The number of alkyl halides is 3. The highest BCUT2D eigenvalue weighted by Crippen LogP contribution is 2.31. The third kappa shape index (κ3) is 6.69. The summed E-state index contributed by atoms with van der Waals surface area (Å²) in [6, 6.07) is 5.22. The van der Waals surface area contributed by atoms with E-state index >= 15 is 0 Å². The minimum absolute atomic E-state index is 0. The van der Waals surface area contributed by atoms with Crippen molar-refractivity contribution >= 4 is 29.9 Å². The highest BCUT2D eigenvalue weighted by Gasteiger charge is 2.31. The molecule has 2 heterocycles. The summed E-state index contributed by atoms with van der Waals surface area (Å²) in [5, 5.41) is 13.1. The molecule has 0 bridgehead atoms. The summed E-state index contributed by atoms with van der Waals surface area (Å²) in [6.07, 6.45) is -4.00. The lowest BCUT2D eigenvalue weighted by Gasteiger charge is -2.34. The van der Waals surface area contributed by atoms with Crippen LogP contribution >= 0.6 is 24.0 Å². The van der Waals surface area contributed by atoms with E-state index in [0.29, 0.717) is 52.4 Å². The maximum Gasteiger partial charge on any atom is 0.416 e. The van der Waals surface area contributed by atoms with Crippen LogP contribution in [0.5, 0.6) is 0 Å². The zero-order valence-electron chi connectivity index (χ0n) is 17.1. The summed E-state index contributed by atoms with van der Waals surface area (Å²) in [6.45, 7) is 6.98. The van der Waals surface area contributed by atoms with Crippen molar-refractivity contribution in [3.63, 3.8) is 0 Å². The van der Waals surface area contributed by atoms with Gasteiger partial charge in [0.15, 0.2) is 5.96 Å². The molecule has 10 heteroatoms. The second kappa shape index (κ2) is 11.5. The van der Waals surface area contributed by atoms with Crippen molar-refractivity contribution in [2.75, 3.05) is 52.5 Å². The van der Waals surface area contributed by atoms with Crippen LogP contribution in [0, 0.1) is 0 Å². The lowest BCUT2D eigenvalue weighted by atomic mass is 10.0. The lowest BCUT2D eigenvalue weighted by molar-refractivity contribution is -0.137. The number of nitrogens with one attached hydrogen (secondary N) is 1. The maximum atomic E-state index is 12.9. The molecule has 30 heavy (non-hydrogen) atoms.